The number of benzene rings is 1. The zero-order valence-corrected chi connectivity index (χ0v) is 10.4. The predicted molar refractivity (Wildman–Crippen MR) is 70.1 cm³/mol. The lowest BCUT2D eigenvalue weighted by Gasteiger charge is -2.25. The van der Waals surface area contributed by atoms with Gasteiger partial charge in [-0.25, -0.2) is 0 Å². The molecule has 0 spiro atoms. The van der Waals surface area contributed by atoms with E-state index in [0.717, 1.165) is 18.8 Å². The first-order valence-electron chi connectivity index (χ1n) is 7.10. The van der Waals surface area contributed by atoms with Gasteiger partial charge >= 0.3 is 0 Å². The number of rotatable bonds is 5. The van der Waals surface area contributed by atoms with Gasteiger partial charge in [0.15, 0.2) is 0 Å². The fourth-order valence-corrected chi connectivity index (χ4v) is 2.73. The summed E-state index contributed by atoms with van der Waals surface area (Å²) in [6, 6.07) is 9.10. The highest BCUT2D eigenvalue weighted by Gasteiger charge is 2.29. The summed E-state index contributed by atoms with van der Waals surface area (Å²) < 4.78 is 0. The van der Waals surface area contributed by atoms with Gasteiger partial charge in [-0.15, -0.1) is 0 Å². The average molecular weight is 230 g/mol. The quantitative estimate of drug-likeness (QED) is 0.818. The molecule has 2 aliphatic carbocycles. The van der Waals surface area contributed by atoms with Crippen LogP contribution >= 0.6 is 0 Å². The molecule has 1 atom stereocenters. The number of hydrogen-bond acceptors (Lipinski definition) is 1. The molecule has 2 aliphatic rings. The smallest absolute Gasteiger partial charge is 0.0571 e. The summed E-state index contributed by atoms with van der Waals surface area (Å²) in [5.41, 5.74) is 2.90. The van der Waals surface area contributed by atoms with Crippen molar-refractivity contribution in [3.05, 3.63) is 35.4 Å². The standard InChI is InChI=1S/C16H22O/c17-16(15-9-10-15)11-6-12-4-7-14(8-5-12)13-2-1-3-13/h4-5,7-8,13,15-17H,1-3,6,9-11H2. The number of aliphatic hydroxyl groups is 1. The first kappa shape index (κ1) is 11.3. The molecule has 0 saturated heterocycles. The van der Waals surface area contributed by atoms with Gasteiger partial charge in [0.25, 0.3) is 0 Å². The van der Waals surface area contributed by atoms with E-state index in [2.05, 4.69) is 24.3 Å². The third-order valence-electron chi connectivity index (χ3n) is 4.45. The fourth-order valence-electron chi connectivity index (χ4n) is 2.73. The minimum atomic E-state index is -0.0543. The summed E-state index contributed by atoms with van der Waals surface area (Å²) in [6.07, 6.45) is 8.54. The van der Waals surface area contributed by atoms with Crippen molar-refractivity contribution in [2.75, 3.05) is 0 Å². The minimum Gasteiger partial charge on any atom is -0.393 e. The molecule has 3 rings (SSSR count). The second-order valence-electron chi connectivity index (χ2n) is 5.81. The number of hydrogen-bond donors (Lipinski definition) is 1. The van der Waals surface area contributed by atoms with Crippen molar-refractivity contribution >= 4 is 0 Å². The fraction of sp³-hybridized carbons (Fsp3) is 0.625. The average Bonchev–Trinajstić information content (AvgIpc) is 3.09. The molecule has 0 aromatic heterocycles. The Morgan fingerprint density at radius 2 is 1.76 bits per heavy atom. The summed E-state index contributed by atoms with van der Waals surface area (Å²) in [5.74, 6) is 1.45. The van der Waals surface area contributed by atoms with E-state index in [0.29, 0.717) is 5.92 Å². The van der Waals surface area contributed by atoms with Crippen LogP contribution in [0.4, 0.5) is 0 Å². The third kappa shape index (κ3) is 2.71. The summed E-state index contributed by atoms with van der Waals surface area (Å²) in [4.78, 5) is 0. The maximum atomic E-state index is 9.84. The highest BCUT2D eigenvalue weighted by molar-refractivity contribution is 5.26. The van der Waals surface area contributed by atoms with Gasteiger partial charge in [0, 0.05) is 0 Å². The lowest BCUT2D eigenvalue weighted by atomic mass is 9.80. The molecule has 0 heterocycles. The molecule has 1 N–H and O–H groups in total. The van der Waals surface area contributed by atoms with Crippen LogP contribution in [0.2, 0.25) is 0 Å². The lowest BCUT2D eigenvalue weighted by molar-refractivity contribution is 0.142. The molecule has 1 aromatic carbocycles. The summed E-state index contributed by atoms with van der Waals surface area (Å²) in [5, 5.41) is 9.84. The maximum Gasteiger partial charge on any atom is 0.0571 e. The number of aryl methyl sites for hydroxylation is 1. The molecule has 0 radical (unpaired) electrons. The molecule has 2 saturated carbocycles. The lowest BCUT2D eigenvalue weighted by Crippen LogP contribution is -2.10. The van der Waals surface area contributed by atoms with E-state index < -0.39 is 0 Å². The maximum absolute atomic E-state index is 9.84. The van der Waals surface area contributed by atoms with Gasteiger partial charge in [0.05, 0.1) is 6.10 Å². The van der Waals surface area contributed by atoms with E-state index in [9.17, 15) is 5.11 Å². The van der Waals surface area contributed by atoms with E-state index >= 15 is 0 Å². The van der Waals surface area contributed by atoms with Crippen molar-refractivity contribution in [1.29, 1.82) is 0 Å². The van der Waals surface area contributed by atoms with Gasteiger partial charge in [0.2, 0.25) is 0 Å². The molecule has 1 aromatic rings. The van der Waals surface area contributed by atoms with Gasteiger partial charge in [0.1, 0.15) is 0 Å². The van der Waals surface area contributed by atoms with Gasteiger partial charge in [-0.1, -0.05) is 30.7 Å². The molecule has 0 aliphatic heterocycles. The topological polar surface area (TPSA) is 20.2 Å². The van der Waals surface area contributed by atoms with Crippen molar-refractivity contribution < 1.29 is 5.11 Å². The van der Waals surface area contributed by atoms with Gasteiger partial charge in [-0.3, -0.25) is 0 Å². The Labute approximate surface area is 104 Å². The van der Waals surface area contributed by atoms with Crippen LogP contribution in [0.1, 0.15) is 55.6 Å². The van der Waals surface area contributed by atoms with E-state index in [-0.39, 0.29) is 6.10 Å². The van der Waals surface area contributed by atoms with E-state index in [1.807, 2.05) is 0 Å². The van der Waals surface area contributed by atoms with E-state index in [1.54, 1.807) is 0 Å². The zero-order chi connectivity index (χ0) is 11.7. The van der Waals surface area contributed by atoms with E-state index in [4.69, 9.17) is 0 Å². The van der Waals surface area contributed by atoms with Crippen LogP contribution in [-0.2, 0) is 6.42 Å². The molecule has 0 bridgehead atoms. The molecule has 92 valence electrons. The SMILES string of the molecule is OC(CCc1ccc(C2CCC2)cc1)C1CC1. The first-order valence-corrected chi connectivity index (χ1v) is 7.10. The van der Waals surface area contributed by atoms with Crippen molar-refractivity contribution in [1.82, 2.24) is 0 Å². The van der Waals surface area contributed by atoms with Gasteiger partial charge < -0.3 is 5.11 Å². The Hall–Kier alpha value is -0.820. The molecule has 1 nitrogen and oxygen atoms in total. The summed E-state index contributed by atoms with van der Waals surface area (Å²) >= 11 is 0. The van der Waals surface area contributed by atoms with Crippen LogP contribution in [-0.4, -0.2) is 11.2 Å². The van der Waals surface area contributed by atoms with Crippen LogP contribution in [0.5, 0.6) is 0 Å². The normalized spacial score (nSPS) is 22.2. The molecular weight excluding hydrogens is 208 g/mol. The Morgan fingerprint density at radius 1 is 1.06 bits per heavy atom. The van der Waals surface area contributed by atoms with Gasteiger partial charge in [-0.2, -0.15) is 0 Å². The zero-order valence-electron chi connectivity index (χ0n) is 10.4. The highest BCUT2D eigenvalue weighted by atomic mass is 16.3. The first-order chi connectivity index (χ1) is 8.33. The molecule has 0 amide bonds. The van der Waals surface area contributed by atoms with Crippen LogP contribution < -0.4 is 0 Å². The van der Waals surface area contributed by atoms with Crippen molar-refractivity contribution in [3.8, 4) is 0 Å². The molecule has 1 unspecified atom stereocenters. The van der Waals surface area contributed by atoms with Crippen LogP contribution in [0, 0.1) is 5.92 Å². The largest absolute Gasteiger partial charge is 0.393 e. The van der Waals surface area contributed by atoms with Crippen LogP contribution in [0.25, 0.3) is 0 Å². The Balaban J connectivity index is 1.52. The minimum absolute atomic E-state index is 0.0543. The highest BCUT2D eigenvalue weighted by Crippen LogP contribution is 2.36. The summed E-state index contributed by atoms with van der Waals surface area (Å²) in [7, 11) is 0. The van der Waals surface area contributed by atoms with E-state index in [1.165, 1.54) is 43.2 Å². The van der Waals surface area contributed by atoms with Crippen LogP contribution in [0.3, 0.4) is 0 Å². The Bertz CT molecular complexity index is 360. The molecular formula is C16H22O. The van der Waals surface area contributed by atoms with Crippen molar-refractivity contribution in [2.24, 2.45) is 5.92 Å². The second kappa shape index (κ2) is 4.81. The van der Waals surface area contributed by atoms with Gasteiger partial charge in [-0.05, 0) is 61.5 Å². The molecule has 1 heteroatoms. The van der Waals surface area contributed by atoms with Crippen molar-refractivity contribution in [2.45, 2.75) is 57.0 Å². The monoisotopic (exact) mass is 230 g/mol. The molecule has 2 fully saturated rings. The predicted octanol–water partition coefficient (Wildman–Crippen LogP) is 3.66. The molecule has 17 heavy (non-hydrogen) atoms. The Morgan fingerprint density at radius 3 is 2.29 bits per heavy atom. The second-order valence-corrected chi connectivity index (χ2v) is 5.81. The third-order valence-corrected chi connectivity index (χ3v) is 4.45. The van der Waals surface area contributed by atoms with Crippen molar-refractivity contribution in [3.63, 3.8) is 0 Å². The Kier molecular flexibility index (Phi) is 3.19. The number of aliphatic hydroxyl groups excluding tert-OH is 1. The summed E-state index contributed by atoms with van der Waals surface area (Å²) in [6.45, 7) is 0. The van der Waals surface area contributed by atoms with Crippen LogP contribution in [0.15, 0.2) is 24.3 Å².